The molecule has 0 unspecified atom stereocenters. The molecule has 2 rings (SSSR count). The molecule has 0 bridgehead atoms. The molecule has 1 heterocycles. The van der Waals surface area contributed by atoms with Crippen molar-refractivity contribution in [3.63, 3.8) is 0 Å². The first kappa shape index (κ1) is 9.09. The summed E-state index contributed by atoms with van der Waals surface area (Å²) in [5.74, 6) is 0. The molecule has 0 fully saturated rings. The maximum atomic E-state index is 11.3. The first-order chi connectivity index (χ1) is 6.81. The minimum atomic E-state index is -0.399. The van der Waals surface area contributed by atoms with Gasteiger partial charge in [-0.05, 0) is 12.1 Å². The van der Waals surface area contributed by atoms with Gasteiger partial charge >= 0.3 is 5.63 Å². The minimum Gasteiger partial charge on any atom is -0.421 e. The molecule has 0 amide bonds. The maximum Gasteiger partial charge on any atom is 0.359 e. The van der Waals surface area contributed by atoms with Gasteiger partial charge in [0.15, 0.2) is 0 Å². The molecule has 0 aliphatic heterocycles. The van der Waals surface area contributed by atoms with Crippen LogP contribution in [-0.4, -0.2) is 6.00 Å². The monoisotopic (exact) mass is 209 g/mol. The van der Waals surface area contributed by atoms with Crippen molar-refractivity contribution in [1.29, 1.82) is 0 Å². The van der Waals surface area contributed by atoms with Crippen LogP contribution in [0, 0.1) is 0 Å². The van der Waals surface area contributed by atoms with Crippen molar-refractivity contribution in [1.82, 2.24) is 0 Å². The van der Waals surface area contributed by atoms with Gasteiger partial charge in [-0.1, -0.05) is 18.2 Å². The molecule has 1 aromatic carbocycles. The number of hydrogen-bond acceptors (Lipinski definition) is 3. The zero-order chi connectivity index (χ0) is 9.97. The van der Waals surface area contributed by atoms with Gasteiger partial charge in [-0.15, -0.1) is 11.6 Å². The van der Waals surface area contributed by atoms with Gasteiger partial charge < -0.3 is 9.73 Å². The predicted octanol–water partition coefficient (Wildman–Crippen LogP) is 2.40. The molecule has 14 heavy (non-hydrogen) atoms. The average molecular weight is 210 g/mol. The van der Waals surface area contributed by atoms with Crippen LogP contribution in [0.1, 0.15) is 0 Å². The Balaban J connectivity index is 2.65. The Hall–Kier alpha value is -1.48. The van der Waals surface area contributed by atoms with Crippen molar-refractivity contribution in [3.8, 4) is 0 Å². The second-order valence-corrected chi connectivity index (χ2v) is 3.06. The molecule has 0 aliphatic rings. The molecule has 4 heteroatoms. The molecule has 0 saturated carbocycles. The molecule has 0 aliphatic carbocycles. The van der Waals surface area contributed by atoms with Crippen molar-refractivity contribution in [3.05, 3.63) is 40.8 Å². The normalized spacial score (nSPS) is 10.4. The molecular weight excluding hydrogens is 202 g/mol. The van der Waals surface area contributed by atoms with Crippen molar-refractivity contribution in [2.75, 3.05) is 11.3 Å². The van der Waals surface area contributed by atoms with Crippen LogP contribution in [0.4, 0.5) is 5.69 Å². The van der Waals surface area contributed by atoms with Crippen molar-refractivity contribution in [2.24, 2.45) is 0 Å². The Labute approximate surface area is 85.3 Å². The lowest BCUT2D eigenvalue weighted by molar-refractivity contribution is 0.563. The number of alkyl halides is 1. The van der Waals surface area contributed by atoms with Crippen LogP contribution < -0.4 is 10.9 Å². The molecule has 0 saturated heterocycles. The van der Waals surface area contributed by atoms with Crippen LogP contribution in [0.15, 0.2) is 39.5 Å². The lowest BCUT2D eigenvalue weighted by Crippen LogP contribution is -2.08. The Morgan fingerprint density at radius 3 is 2.93 bits per heavy atom. The number of halogens is 1. The van der Waals surface area contributed by atoms with E-state index in [0.717, 1.165) is 5.39 Å². The van der Waals surface area contributed by atoms with E-state index >= 15 is 0 Å². The highest BCUT2D eigenvalue weighted by atomic mass is 35.5. The molecule has 2 aromatic rings. The summed E-state index contributed by atoms with van der Waals surface area (Å²) in [7, 11) is 0. The molecule has 0 spiro atoms. The van der Waals surface area contributed by atoms with Crippen LogP contribution in [-0.2, 0) is 0 Å². The Morgan fingerprint density at radius 2 is 2.14 bits per heavy atom. The summed E-state index contributed by atoms with van der Waals surface area (Å²) in [5.41, 5.74) is 0.570. The van der Waals surface area contributed by atoms with E-state index < -0.39 is 5.63 Å². The van der Waals surface area contributed by atoms with Gasteiger partial charge in [0.1, 0.15) is 11.3 Å². The third-order valence-electron chi connectivity index (χ3n) is 1.90. The van der Waals surface area contributed by atoms with E-state index in [-0.39, 0.29) is 6.00 Å². The summed E-state index contributed by atoms with van der Waals surface area (Å²) in [6, 6.07) is 9.23. The number of para-hydroxylation sites is 1. The minimum absolute atomic E-state index is 0.184. The van der Waals surface area contributed by atoms with E-state index in [9.17, 15) is 4.79 Å². The van der Waals surface area contributed by atoms with Crippen LogP contribution >= 0.6 is 11.6 Å². The first-order valence-electron chi connectivity index (χ1n) is 4.14. The highest BCUT2D eigenvalue weighted by Crippen LogP contribution is 2.14. The molecule has 72 valence electrons. The zero-order valence-corrected chi connectivity index (χ0v) is 8.04. The highest BCUT2D eigenvalue weighted by molar-refractivity contribution is 6.18. The van der Waals surface area contributed by atoms with Gasteiger partial charge in [-0.2, -0.15) is 0 Å². The van der Waals surface area contributed by atoms with E-state index in [1.807, 2.05) is 18.2 Å². The number of benzene rings is 1. The molecule has 0 atom stereocenters. The summed E-state index contributed by atoms with van der Waals surface area (Å²) in [4.78, 5) is 11.3. The fraction of sp³-hybridized carbons (Fsp3) is 0.100. The van der Waals surface area contributed by atoms with E-state index in [1.54, 1.807) is 12.1 Å². The fourth-order valence-electron chi connectivity index (χ4n) is 1.26. The lowest BCUT2D eigenvalue weighted by atomic mass is 10.2. The number of nitrogens with one attached hydrogen (secondary N) is 1. The Morgan fingerprint density at radius 1 is 1.36 bits per heavy atom. The van der Waals surface area contributed by atoms with Crippen LogP contribution in [0.2, 0.25) is 0 Å². The number of fused-ring (bicyclic) bond motifs is 1. The summed E-state index contributed by atoms with van der Waals surface area (Å²) in [5, 5.41) is 3.60. The number of rotatable bonds is 2. The van der Waals surface area contributed by atoms with Gasteiger partial charge in [0, 0.05) is 5.39 Å². The van der Waals surface area contributed by atoms with Gasteiger partial charge in [-0.3, -0.25) is 0 Å². The van der Waals surface area contributed by atoms with Gasteiger partial charge in [0.2, 0.25) is 0 Å². The quantitative estimate of drug-likeness (QED) is 0.469. The van der Waals surface area contributed by atoms with Crippen LogP contribution in [0.5, 0.6) is 0 Å². The number of hydrogen-bond donors (Lipinski definition) is 1. The van der Waals surface area contributed by atoms with Crippen LogP contribution in [0.25, 0.3) is 11.0 Å². The molecule has 1 aromatic heterocycles. The fourth-order valence-corrected chi connectivity index (χ4v) is 1.40. The molecule has 1 N–H and O–H groups in total. The standard InChI is InChI=1S/C10H8ClNO2/c11-6-12-8-5-7-3-1-2-4-9(7)14-10(8)13/h1-5,12H,6H2. The summed E-state index contributed by atoms with van der Waals surface area (Å²) in [6.45, 7) is 0. The van der Waals surface area contributed by atoms with E-state index in [4.69, 9.17) is 16.0 Å². The first-order valence-corrected chi connectivity index (χ1v) is 4.67. The number of anilines is 1. The molecule has 3 nitrogen and oxygen atoms in total. The van der Waals surface area contributed by atoms with Gasteiger partial charge in [-0.25, -0.2) is 4.79 Å². The third kappa shape index (κ3) is 1.59. The SMILES string of the molecule is O=c1oc2ccccc2cc1NCCl. The van der Waals surface area contributed by atoms with E-state index in [0.29, 0.717) is 11.3 Å². The smallest absolute Gasteiger partial charge is 0.359 e. The third-order valence-corrected chi connectivity index (χ3v) is 2.03. The van der Waals surface area contributed by atoms with Crippen molar-refractivity contribution < 1.29 is 4.42 Å². The largest absolute Gasteiger partial charge is 0.421 e. The topological polar surface area (TPSA) is 42.2 Å². The molecular formula is C10H8ClNO2. The Kier molecular flexibility index (Phi) is 2.41. The van der Waals surface area contributed by atoms with Crippen molar-refractivity contribution in [2.45, 2.75) is 0 Å². The predicted molar refractivity (Wildman–Crippen MR) is 56.8 cm³/mol. The summed E-state index contributed by atoms with van der Waals surface area (Å²) in [6.07, 6.45) is 0. The summed E-state index contributed by atoms with van der Waals surface area (Å²) < 4.78 is 5.07. The van der Waals surface area contributed by atoms with Gasteiger partial charge in [0.25, 0.3) is 0 Å². The summed E-state index contributed by atoms with van der Waals surface area (Å²) >= 11 is 5.47. The molecule has 0 radical (unpaired) electrons. The van der Waals surface area contributed by atoms with E-state index in [2.05, 4.69) is 5.32 Å². The van der Waals surface area contributed by atoms with Crippen molar-refractivity contribution >= 4 is 28.3 Å². The van der Waals surface area contributed by atoms with E-state index in [1.165, 1.54) is 0 Å². The van der Waals surface area contributed by atoms with Crippen LogP contribution in [0.3, 0.4) is 0 Å². The zero-order valence-electron chi connectivity index (χ0n) is 7.29. The Bertz CT molecular complexity index is 507. The highest BCUT2D eigenvalue weighted by Gasteiger charge is 2.02. The lowest BCUT2D eigenvalue weighted by Gasteiger charge is -2.01. The second kappa shape index (κ2) is 3.72. The second-order valence-electron chi connectivity index (χ2n) is 2.80. The van der Waals surface area contributed by atoms with Gasteiger partial charge in [0.05, 0.1) is 6.00 Å². The average Bonchev–Trinajstić information content (AvgIpc) is 2.19. The maximum absolute atomic E-state index is 11.3.